The van der Waals surface area contributed by atoms with Crippen molar-refractivity contribution >= 4 is 17.5 Å². The van der Waals surface area contributed by atoms with Gasteiger partial charge in [-0.25, -0.2) is 0 Å². The molecule has 172 valence electrons. The number of piperazine rings is 1. The Hall–Kier alpha value is -2.64. The summed E-state index contributed by atoms with van der Waals surface area (Å²) in [5.74, 6) is 2.41. The number of nitro groups is 1. The molecule has 0 spiro atoms. The van der Waals surface area contributed by atoms with Crippen molar-refractivity contribution in [1.82, 2.24) is 9.80 Å². The number of hydrogen-bond acceptors (Lipinski definition) is 5. The smallest absolute Gasteiger partial charge is 0.311 e. The number of rotatable bonds is 5. The molecule has 5 fully saturated rings. The van der Waals surface area contributed by atoms with Crippen LogP contribution in [-0.4, -0.2) is 59.3 Å². The maximum Gasteiger partial charge on any atom is 0.311 e. The molecule has 0 radical (unpaired) electrons. The second kappa shape index (κ2) is 8.05. The van der Waals surface area contributed by atoms with Crippen LogP contribution in [0.5, 0.6) is 5.75 Å². The van der Waals surface area contributed by atoms with Crippen LogP contribution in [0.25, 0.3) is 0 Å². The molecule has 2 amide bonds. The largest absolute Gasteiger partial charge is 0.487 e. The van der Waals surface area contributed by atoms with Crippen LogP contribution >= 0.6 is 0 Å². The van der Waals surface area contributed by atoms with Crippen LogP contribution in [0, 0.1) is 33.3 Å². The lowest BCUT2D eigenvalue weighted by Crippen LogP contribution is -2.58. The van der Waals surface area contributed by atoms with Gasteiger partial charge in [0.2, 0.25) is 5.91 Å². The standard InChI is InChI=1S/C24H31N3O5/c1-2-32-21-4-3-19(12-20(21)27(30)31)22(28)25-5-7-26(8-6-25)23(29)24-13-16-9-17(14-24)11-18(10-16)15-24/h3-4,12,16-18H,2,5-11,13-15H2,1H3. The van der Waals surface area contributed by atoms with Gasteiger partial charge in [-0.05, 0) is 75.3 Å². The molecule has 0 aromatic heterocycles. The minimum atomic E-state index is -0.524. The van der Waals surface area contributed by atoms with Crippen molar-refractivity contribution < 1.29 is 19.2 Å². The fourth-order valence-electron chi connectivity index (χ4n) is 7.07. The van der Waals surface area contributed by atoms with Crippen molar-refractivity contribution in [3.05, 3.63) is 33.9 Å². The molecule has 0 unspecified atom stereocenters. The fourth-order valence-corrected chi connectivity index (χ4v) is 7.07. The van der Waals surface area contributed by atoms with Crippen LogP contribution in [0.1, 0.15) is 55.8 Å². The summed E-state index contributed by atoms with van der Waals surface area (Å²) < 4.78 is 5.31. The van der Waals surface area contributed by atoms with E-state index in [1.165, 1.54) is 31.4 Å². The predicted molar refractivity (Wildman–Crippen MR) is 117 cm³/mol. The molecule has 32 heavy (non-hydrogen) atoms. The molecule has 1 aliphatic heterocycles. The maximum atomic E-state index is 13.6. The van der Waals surface area contributed by atoms with Crippen LogP contribution in [-0.2, 0) is 4.79 Å². The van der Waals surface area contributed by atoms with E-state index in [1.54, 1.807) is 17.9 Å². The van der Waals surface area contributed by atoms with Crippen LogP contribution in [0.15, 0.2) is 18.2 Å². The first-order valence-electron chi connectivity index (χ1n) is 11.9. The van der Waals surface area contributed by atoms with Crippen molar-refractivity contribution in [3.63, 3.8) is 0 Å². The van der Waals surface area contributed by atoms with E-state index < -0.39 is 4.92 Å². The lowest BCUT2D eigenvalue weighted by atomic mass is 9.49. The zero-order valence-corrected chi connectivity index (χ0v) is 18.6. The zero-order chi connectivity index (χ0) is 22.5. The maximum absolute atomic E-state index is 13.6. The number of carbonyl (C=O) groups is 2. The van der Waals surface area contributed by atoms with Crippen molar-refractivity contribution in [2.24, 2.45) is 23.2 Å². The van der Waals surface area contributed by atoms with Gasteiger partial charge >= 0.3 is 5.69 Å². The Morgan fingerprint density at radius 3 is 2.12 bits per heavy atom. The molecule has 4 bridgehead atoms. The first-order valence-corrected chi connectivity index (χ1v) is 11.9. The van der Waals surface area contributed by atoms with Crippen LogP contribution < -0.4 is 4.74 Å². The number of nitro benzene ring substituents is 1. The summed E-state index contributed by atoms with van der Waals surface area (Å²) in [6.45, 7) is 4.05. The van der Waals surface area contributed by atoms with Gasteiger partial charge in [-0.1, -0.05) is 0 Å². The normalized spacial score (nSPS) is 31.0. The lowest BCUT2D eigenvalue weighted by molar-refractivity contribution is -0.385. The van der Waals surface area contributed by atoms with Crippen molar-refractivity contribution in [2.45, 2.75) is 45.4 Å². The molecule has 5 aliphatic rings. The van der Waals surface area contributed by atoms with Gasteiger partial charge in [-0.15, -0.1) is 0 Å². The number of carbonyl (C=O) groups excluding carboxylic acids is 2. The number of amides is 2. The minimum Gasteiger partial charge on any atom is -0.487 e. The third-order valence-corrected chi connectivity index (χ3v) is 8.05. The zero-order valence-electron chi connectivity index (χ0n) is 18.6. The average Bonchev–Trinajstić information content (AvgIpc) is 2.77. The molecule has 8 heteroatoms. The van der Waals surface area contributed by atoms with Crippen LogP contribution in [0.3, 0.4) is 0 Å². The number of benzene rings is 1. The Morgan fingerprint density at radius 1 is 1.03 bits per heavy atom. The first-order chi connectivity index (χ1) is 15.4. The summed E-state index contributed by atoms with van der Waals surface area (Å²) in [5, 5.41) is 11.4. The molecular formula is C24H31N3O5. The van der Waals surface area contributed by atoms with Gasteiger partial charge in [0.15, 0.2) is 5.75 Å². The SMILES string of the molecule is CCOc1ccc(C(=O)N2CCN(C(=O)C34CC5CC(CC(C5)C3)C4)CC2)cc1[N+](=O)[O-]. The van der Waals surface area contributed by atoms with E-state index in [1.807, 2.05) is 4.90 Å². The Labute approximate surface area is 188 Å². The molecule has 0 N–H and O–H groups in total. The van der Waals surface area contributed by atoms with Gasteiger partial charge in [0.25, 0.3) is 5.91 Å². The molecule has 1 saturated heterocycles. The molecular weight excluding hydrogens is 410 g/mol. The van der Waals surface area contributed by atoms with E-state index in [4.69, 9.17) is 4.74 Å². The van der Waals surface area contributed by atoms with Crippen molar-refractivity contribution in [1.29, 1.82) is 0 Å². The highest BCUT2D eigenvalue weighted by Gasteiger charge is 2.55. The van der Waals surface area contributed by atoms with E-state index in [0.717, 1.165) is 37.0 Å². The van der Waals surface area contributed by atoms with Crippen molar-refractivity contribution in [3.8, 4) is 5.75 Å². The van der Waals surface area contributed by atoms with Crippen LogP contribution in [0.2, 0.25) is 0 Å². The van der Waals surface area contributed by atoms with E-state index in [-0.39, 0.29) is 28.3 Å². The van der Waals surface area contributed by atoms with E-state index >= 15 is 0 Å². The molecule has 4 aliphatic carbocycles. The summed E-state index contributed by atoms with van der Waals surface area (Å²) in [5.41, 5.74) is -0.0780. The Kier molecular flexibility index (Phi) is 5.34. The van der Waals surface area contributed by atoms with E-state index in [0.29, 0.717) is 38.7 Å². The molecule has 0 atom stereocenters. The lowest BCUT2D eigenvalue weighted by Gasteiger charge is -2.57. The highest BCUT2D eigenvalue weighted by Crippen LogP contribution is 2.60. The fraction of sp³-hybridized carbons (Fsp3) is 0.667. The molecule has 1 heterocycles. The number of hydrogen-bond donors (Lipinski definition) is 0. The van der Waals surface area contributed by atoms with Crippen LogP contribution in [0.4, 0.5) is 5.69 Å². The summed E-state index contributed by atoms with van der Waals surface area (Å²) in [4.78, 5) is 41.1. The predicted octanol–water partition coefficient (Wildman–Crippen LogP) is 3.49. The summed E-state index contributed by atoms with van der Waals surface area (Å²) in [6, 6.07) is 4.36. The van der Waals surface area contributed by atoms with Gasteiger partial charge in [0.1, 0.15) is 0 Å². The summed E-state index contributed by atoms with van der Waals surface area (Å²) in [7, 11) is 0. The minimum absolute atomic E-state index is 0.156. The highest BCUT2D eigenvalue weighted by atomic mass is 16.6. The Morgan fingerprint density at radius 2 is 1.59 bits per heavy atom. The molecule has 1 aromatic carbocycles. The quantitative estimate of drug-likeness (QED) is 0.515. The summed E-state index contributed by atoms with van der Waals surface area (Å²) >= 11 is 0. The molecule has 6 rings (SSSR count). The summed E-state index contributed by atoms with van der Waals surface area (Å²) in [6.07, 6.45) is 7.07. The van der Waals surface area contributed by atoms with Crippen molar-refractivity contribution in [2.75, 3.05) is 32.8 Å². The highest BCUT2D eigenvalue weighted by molar-refractivity contribution is 5.95. The number of nitrogens with zero attached hydrogens (tertiary/aromatic N) is 3. The third-order valence-electron chi connectivity index (χ3n) is 8.05. The monoisotopic (exact) mass is 441 g/mol. The Bertz CT molecular complexity index is 902. The second-order valence-electron chi connectivity index (χ2n) is 10.2. The molecule has 4 saturated carbocycles. The Balaban J connectivity index is 1.24. The molecule has 1 aromatic rings. The van der Waals surface area contributed by atoms with Gasteiger partial charge < -0.3 is 14.5 Å². The first kappa shape index (κ1) is 21.2. The second-order valence-corrected chi connectivity index (χ2v) is 10.2. The average molecular weight is 442 g/mol. The van der Waals surface area contributed by atoms with Gasteiger partial charge in [0.05, 0.1) is 16.9 Å². The number of ether oxygens (including phenoxy) is 1. The van der Waals surface area contributed by atoms with Gasteiger partial charge in [-0.3, -0.25) is 19.7 Å². The molecule has 8 nitrogen and oxygen atoms in total. The topological polar surface area (TPSA) is 93.0 Å². The van der Waals surface area contributed by atoms with E-state index in [2.05, 4.69) is 0 Å². The van der Waals surface area contributed by atoms with Gasteiger partial charge in [-0.2, -0.15) is 0 Å². The van der Waals surface area contributed by atoms with E-state index in [9.17, 15) is 19.7 Å². The third kappa shape index (κ3) is 3.63. The van der Waals surface area contributed by atoms with Gasteiger partial charge in [0, 0.05) is 37.8 Å².